The molecule has 114 valence electrons. The van der Waals surface area contributed by atoms with Crippen molar-refractivity contribution in [1.29, 1.82) is 5.26 Å². The average Bonchev–Trinajstić information content (AvgIpc) is 2.87. The number of carbonyl (C=O) groups excluding carboxylic acids is 1. The topological polar surface area (TPSA) is 69.0 Å². The van der Waals surface area contributed by atoms with Gasteiger partial charge in [-0.25, -0.2) is 4.98 Å². The maximum Gasteiger partial charge on any atom is 0.255 e. The first-order valence-corrected chi connectivity index (χ1v) is 8.06. The quantitative estimate of drug-likeness (QED) is 0.927. The Kier molecular flexibility index (Phi) is 2.90. The predicted octanol–water partition coefficient (Wildman–Crippen LogP) is 2.08. The number of hydrogen-bond donors (Lipinski definition) is 1. The molecule has 0 radical (unpaired) electrons. The number of nitrogens with zero attached hydrogens (tertiary/aromatic N) is 3. The second-order valence-corrected chi connectivity index (χ2v) is 7.25. The van der Waals surface area contributed by atoms with Gasteiger partial charge in [0.1, 0.15) is 11.8 Å². The van der Waals surface area contributed by atoms with Gasteiger partial charge in [-0.1, -0.05) is 6.92 Å². The molecule has 5 nitrogen and oxygen atoms in total. The minimum Gasteiger partial charge on any atom is -0.370 e. The van der Waals surface area contributed by atoms with Gasteiger partial charge in [0.25, 0.3) is 5.91 Å². The third-order valence-electron chi connectivity index (χ3n) is 5.42. The zero-order valence-electron chi connectivity index (χ0n) is 12.8. The molecular weight excluding hydrogens is 276 g/mol. The predicted molar refractivity (Wildman–Crippen MR) is 82.5 cm³/mol. The van der Waals surface area contributed by atoms with E-state index in [0.717, 1.165) is 50.4 Å². The second-order valence-electron chi connectivity index (χ2n) is 7.25. The summed E-state index contributed by atoms with van der Waals surface area (Å²) >= 11 is 0. The van der Waals surface area contributed by atoms with Crippen molar-refractivity contribution in [3.63, 3.8) is 0 Å². The van der Waals surface area contributed by atoms with E-state index in [9.17, 15) is 4.79 Å². The molecule has 2 bridgehead atoms. The molecule has 1 N–H and O–H groups in total. The maximum absolute atomic E-state index is 12.7. The van der Waals surface area contributed by atoms with Crippen molar-refractivity contribution in [2.45, 2.75) is 38.1 Å². The van der Waals surface area contributed by atoms with Gasteiger partial charge in [0.15, 0.2) is 0 Å². The summed E-state index contributed by atoms with van der Waals surface area (Å²) in [6.07, 6.45) is 6.06. The lowest BCUT2D eigenvalue weighted by atomic mass is 9.50. The van der Waals surface area contributed by atoms with Crippen molar-refractivity contribution in [2.24, 2.45) is 11.8 Å². The zero-order chi connectivity index (χ0) is 15.3. The minimum atomic E-state index is -0.0373. The van der Waals surface area contributed by atoms with Crippen LogP contribution in [0.2, 0.25) is 0 Å². The lowest BCUT2D eigenvalue weighted by Crippen LogP contribution is -2.68. The highest BCUT2D eigenvalue weighted by atomic mass is 16.1. The van der Waals surface area contributed by atoms with E-state index in [1.807, 2.05) is 0 Å². The Labute approximate surface area is 130 Å². The first kappa shape index (κ1) is 13.6. The molecule has 1 saturated heterocycles. The smallest absolute Gasteiger partial charge is 0.255 e. The number of nitrogens with one attached hydrogen (secondary N) is 1. The van der Waals surface area contributed by atoms with E-state index in [1.165, 1.54) is 0 Å². The van der Waals surface area contributed by atoms with Crippen LogP contribution in [-0.4, -0.2) is 29.5 Å². The van der Waals surface area contributed by atoms with E-state index in [4.69, 9.17) is 5.26 Å². The summed E-state index contributed by atoms with van der Waals surface area (Å²) in [5.74, 6) is 1.41. The van der Waals surface area contributed by atoms with E-state index in [2.05, 4.69) is 28.2 Å². The summed E-state index contributed by atoms with van der Waals surface area (Å²) in [5.41, 5.74) is 1.90. The Bertz CT molecular complexity index is 661. The number of anilines is 1. The van der Waals surface area contributed by atoms with Crippen molar-refractivity contribution in [2.75, 3.05) is 18.0 Å². The third-order valence-corrected chi connectivity index (χ3v) is 5.42. The molecule has 3 saturated carbocycles. The molecule has 0 spiro atoms. The Balaban J connectivity index is 1.62. The van der Waals surface area contributed by atoms with Gasteiger partial charge in [0, 0.05) is 24.8 Å². The van der Waals surface area contributed by atoms with Crippen molar-refractivity contribution in [3.8, 4) is 6.07 Å². The van der Waals surface area contributed by atoms with Crippen molar-refractivity contribution >= 4 is 11.6 Å². The summed E-state index contributed by atoms with van der Waals surface area (Å²) in [6.45, 7) is 4.08. The van der Waals surface area contributed by atoms with Crippen molar-refractivity contribution in [1.82, 2.24) is 10.3 Å². The standard InChI is InChI=1S/C17H20N4O/c1-11-2-3-21(10-11)15-4-13(8-18)19-9-14(15)16(22)20-17-5-12(6-17)7-17/h4,9,11-12H,2-3,5-7,10H2,1H3,(H,20,22). The molecule has 1 aromatic heterocycles. The van der Waals surface area contributed by atoms with Gasteiger partial charge in [0.2, 0.25) is 0 Å². The van der Waals surface area contributed by atoms with Crippen LogP contribution in [0.1, 0.15) is 48.7 Å². The van der Waals surface area contributed by atoms with Crippen LogP contribution in [0, 0.1) is 23.2 Å². The van der Waals surface area contributed by atoms with Gasteiger partial charge < -0.3 is 10.2 Å². The Morgan fingerprint density at radius 1 is 1.50 bits per heavy atom. The number of carbonyl (C=O) groups is 1. The first-order valence-electron chi connectivity index (χ1n) is 8.06. The van der Waals surface area contributed by atoms with E-state index >= 15 is 0 Å². The SMILES string of the molecule is CC1CCN(c2cc(C#N)ncc2C(=O)NC23CC(C2)C3)C1. The van der Waals surface area contributed by atoms with E-state index in [1.54, 1.807) is 12.3 Å². The number of hydrogen-bond acceptors (Lipinski definition) is 4. The van der Waals surface area contributed by atoms with Crippen LogP contribution in [0.5, 0.6) is 0 Å². The third kappa shape index (κ3) is 2.06. The normalized spacial score (nSPS) is 31.9. The molecule has 4 fully saturated rings. The fourth-order valence-corrected chi connectivity index (χ4v) is 4.04. The molecule has 3 aliphatic carbocycles. The molecule has 22 heavy (non-hydrogen) atoms. The Hall–Kier alpha value is -2.09. The summed E-state index contributed by atoms with van der Waals surface area (Å²) in [4.78, 5) is 19.0. The van der Waals surface area contributed by atoms with Crippen LogP contribution in [0.3, 0.4) is 0 Å². The van der Waals surface area contributed by atoms with Crippen LogP contribution in [-0.2, 0) is 0 Å². The molecule has 1 amide bonds. The summed E-state index contributed by atoms with van der Waals surface area (Å²) < 4.78 is 0. The summed E-state index contributed by atoms with van der Waals surface area (Å²) in [5, 5.41) is 12.3. The van der Waals surface area contributed by atoms with Crippen LogP contribution >= 0.6 is 0 Å². The molecule has 2 heterocycles. The molecule has 5 rings (SSSR count). The maximum atomic E-state index is 12.7. The second kappa shape index (κ2) is 4.70. The number of rotatable bonds is 3. The Morgan fingerprint density at radius 3 is 2.82 bits per heavy atom. The molecule has 1 unspecified atom stereocenters. The molecule has 1 aliphatic heterocycles. The van der Waals surface area contributed by atoms with E-state index < -0.39 is 0 Å². The van der Waals surface area contributed by atoms with Crippen LogP contribution in [0.15, 0.2) is 12.3 Å². The molecule has 1 atom stereocenters. The summed E-state index contributed by atoms with van der Waals surface area (Å²) in [7, 11) is 0. The average molecular weight is 296 g/mol. The minimum absolute atomic E-state index is 0.0373. The lowest BCUT2D eigenvalue weighted by Gasteiger charge is -2.61. The number of amides is 1. The van der Waals surface area contributed by atoms with Gasteiger partial charge in [-0.2, -0.15) is 5.26 Å². The largest absolute Gasteiger partial charge is 0.370 e. The molecule has 0 aromatic carbocycles. The first-order chi connectivity index (χ1) is 10.6. The molecule has 5 heteroatoms. The molecule has 1 aromatic rings. The summed E-state index contributed by atoms with van der Waals surface area (Å²) in [6, 6.07) is 3.84. The number of aromatic nitrogens is 1. The van der Waals surface area contributed by atoms with Crippen LogP contribution in [0.25, 0.3) is 0 Å². The Morgan fingerprint density at radius 2 is 2.27 bits per heavy atom. The number of pyridine rings is 1. The fourth-order valence-electron chi connectivity index (χ4n) is 4.04. The number of nitriles is 1. The van der Waals surface area contributed by atoms with E-state index in [-0.39, 0.29) is 11.4 Å². The van der Waals surface area contributed by atoms with E-state index in [0.29, 0.717) is 17.2 Å². The zero-order valence-corrected chi connectivity index (χ0v) is 12.8. The highest BCUT2D eigenvalue weighted by molar-refractivity contribution is 6.00. The van der Waals surface area contributed by atoms with Crippen LogP contribution in [0.4, 0.5) is 5.69 Å². The van der Waals surface area contributed by atoms with Crippen LogP contribution < -0.4 is 10.2 Å². The van der Waals surface area contributed by atoms with Gasteiger partial charge in [-0.05, 0) is 43.6 Å². The lowest BCUT2D eigenvalue weighted by molar-refractivity contribution is -0.0438. The monoisotopic (exact) mass is 296 g/mol. The molecular formula is C17H20N4O. The van der Waals surface area contributed by atoms with Gasteiger partial charge >= 0.3 is 0 Å². The molecule has 4 aliphatic rings. The van der Waals surface area contributed by atoms with Gasteiger partial charge in [-0.15, -0.1) is 0 Å². The van der Waals surface area contributed by atoms with Gasteiger partial charge in [-0.3, -0.25) is 4.79 Å². The van der Waals surface area contributed by atoms with Crippen molar-refractivity contribution in [3.05, 3.63) is 23.5 Å². The van der Waals surface area contributed by atoms with Gasteiger partial charge in [0.05, 0.1) is 11.3 Å². The highest BCUT2D eigenvalue weighted by Crippen LogP contribution is 2.57. The highest BCUT2D eigenvalue weighted by Gasteiger charge is 2.57. The van der Waals surface area contributed by atoms with Crippen molar-refractivity contribution < 1.29 is 4.79 Å². The fraction of sp³-hybridized carbons (Fsp3) is 0.588.